The molecule has 0 atom stereocenters. The fourth-order valence-electron chi connectivity index (χ4n) is 6.90. The van der Waals surface area contributed by atoms with Crippen molar-refractivity contribution in [3.8, 4) is 46.8 Å². The molecule has 0 saturated heterocycles. The molecule has 0 bridgehead atoms. The van der Waals surface area contributed by atoms with E-state index in [4.69, 9.17) is 0 Å². The zero-order valence-electron chi connectivity index (χ0n) is 25.8. The second-order valence-corrected chi connectivity index (χ2v) is 11.8. The SMILES string of the molecule is N#Cc1ccc2c3ccccc3n(-c3cc(-c4ccc(C(F)(F)F)cc4C#N)c(-n4c5ccccc5c5ccc(C#N)cc54)cc3C#N)c2c1. The number of halogens is 3. The zero-order valence-corrected chi connectivity index (χ0v) is 25.8. The maximum Gasteiger partial charge on any atom is 0.416 e. The number of aromatic nitrogens is 2. The zero-order chi connectivity index (χ0) is 34.7. The van der Waals surface area contributed by atoms with Crippen molar-refractivity contribution in [1.29, 1.82) is 21.0 Å². The minimum absolute atomic E-state index is 0.204. The van der Waals surface area contributed by atoms with Crippen LogP contribution in [0.1, 0.15) is 27.8 Å². The highest BCUT2D eigenvalue weighted by atomic mass is 19.4. The Kier molecular flexibility index (Phi) is 6.69. The van der Waals surface area contributed by atoms with Crippen LogP contribution in [0.15, 0.2) is 115 Å². The third-order valence-corrected chi connectivity index (χ3v) is 9.08. The van der Waals surface area contributed by atoms with Crippen molar-refractivity contribution in [2.24, 2.45) is 0 Å². The highest BCUT2D eigenvalue weighted by molar-refractivity contribution is 6.11. The molecule has 2 heterocycles. The lowest BCUT2D eigenvalue weighted by Crippen LogP contribution is -2.07. The van der Waals surface area contributed by atoms with Crippen LogP contribution in [0.25, 0.3) is 66.1 Å². The number of hydrogen-bond donors (Lipinski definition) is 0. The van der Waals surface area contributed by atoms with Gasteiger partial charge in [0.15, 0.2) is 0 Å². The third-order valence-electron chi connectivity index (χ3n) is 9.08. The first-order valence-electron chi connectivity index (χ1n) is 15.3. The average molecular weight is 653 g/mol. The normalized spacial score (nSPS) is 11.4. The number of benzene rings is 6. The molecule has 234 valence electrons. The molecule has 0 radical (unpaired) electrons. The summed E-state index contributed by atoms with van der Waals surface area (Å²) in [5, 5.41) is 44.0. The Morgan fingerprint density at radius 3 is 1.48 bits per heavy atom. The highest BCUT2D eigenvalue weighted by Crippen LogP contribution is 2.42. The molecule has 6 aromatic carbocycles. The quantitative estimate of drug-likeness (QED) is 0.189. The summed E-state index contributed by atoms with van der Waals surface area (Å²) in [6.45, 7) is 0. The highest BCUT2D eigenvalue weighted by Gasteiger charge is 2.32. The number of nitriles is 4. The third kappa shape index (κ3) is 4.47. The van der Waals surface area contributed by atoms with E-state index in [1.54, 1.807) is 36.4 Å². The Hall–Kier alpha value is -7.33. The molecule has 0 fully saturated rings. The molecule has 0 unspecified atom stereocenters. The van der Waals surface area contributed by atoms with Crippen molar-refractivity contribution in [1.82, 2.24) is 9.13 Å². The minimum atomic E-state index is -4.68. The van der Waals surface area contributed by atoms with E-state index in [9.17, 15) is 34.2 Å². The topological polar surface area (TPSA) is 105 Å². The summed E-state index contributed by atoms with van der Waals surface area (Å²) in [6, 6.07) is 40.8. The average Bonchev–Trinajstić information content (AvgIpc) is 3.65. The van der Waals surface area contributed by atoms with Gasteiger partial charge in [-0.25, -0.2) is 0 Å². The summed E-state index contributed by atoms with van der Waals surface area (Å²) >= 11 is 0. The smallest absolute Gasteiger partial charge is 0.309 e. The molecule has 8 rings (SSSR count). The maximum absolute atomic E-state index is 13.9. The van der Waals surface area contributed by atoms with E-state index >= 15 is 0 Å². The number of nitrogens with zero attached hydrogens (tertiary/aromatic N) is 6. The van der Waals surface area contributed by atoms with Crippen molar-refractivity contribution >= 4 is 43.6 Å². The second kappa shape index (κ2) is 11.1. The number of rotatable bonds is 3. The summed E-state index contributed by atoms with van der Waals surface area (Å²) in [5.41, 5.74) is 4.10. The number of fused-ring (bicyclic) bond motifs is 6. The van der Waals surface area contributed by atoms with Gasteiger partial charge in [-0.2, -0.15) is 34.2 Å². The summed E-state index contributed by atoms with van der Waals surface area (Å²) in [6.07, 6.45) is -4.68. The van der Waals surface area contributed by atoms with E-state index in [1.807, 2.05) is 75.9 Å². The molecule has 0 aliphatic carbocycles. The molecule has 0 saturated carbocycles. The Labute approximate surface area is 282 Å². The number of para-hydroxylation sites is 2. The van der Waals surface area contributed by atoms with Gasteiger partial charge in [-0.15, -0.1) is 0 Å². The first kappa shape index (κ1) is 30.0. The predicted molar refractivity (Wildman–Crippen MR) is 184 cm³/mol. The first-order valence-corrected chi connectivity index (χ1v) is 15.3. The first-order chi connectivity index (χ1) is 24.2. The van der Waals surface area contributed by atoms with Gasteiger partial charge < -0.3 is 9.13 Å². The van der Waals surface area contributed by atoms with Crippen LogP contribution >= 0.6 is 0 Å². The van der Waals surface area contributed by atoms with Crippen LogP contribution in [0, 0.1) is 45.3 Å². The van der Waals surface area contributed by atoms with E-state index in [1.165, 1.54) is 6.07 Å². The summed E-state index contributed by atoms with van der Waals surface area (Å²) in [4.78, 5) is 0. The molecule has 9 heteroatoms. The molecule has 0 N–H and O–H groups in total. The molecule has 2 aromatic heterocycles. The number of hydrogen-bond acceptors (Lipinski definition) is 4. The van der Waals surface area contributed by atoms with Crippen LogP contribution < -0.4 is 0 Å². The monoisotopic (exact) mass is 652 g/mol. The summed E-state index contributed by atoms with van der Waals surface area (Å²) < 4.78 is 45.3. The van der Waals surface area contributed by atoms with Gasteiger partial charge in [-0.05, 0) is 60.7 Å². The van der Waals surface area contributed by atoms with E-state index in [2.05, 4.69) is 18.2 Å². The van der Waals surface area contributed by atoms with Crippen molar-refractivity contribution in [2.75, 3.05) is 0 Å². The van der Waals surface area contributed by atoms with Crippen LogP contribution in [0.4, 0.5) is 13.2 Å². The predicted octanol–water partition coefficient (Wildman–Crippen LogP) is 10.1. The minimum Gasteiger partial charge on any atom is -0.309 e. The molecule has 8 aromatic rings. The Morgan fingerprint density at radius 2 is 0.960 bits per heavy atom. The molecule has 0 aliphatic heterocycles. The van der Waals surface area contributed by atoms with E-state index < -0.39 is 11.7 Å². The standard InChI is InChI=1S/C41H19F3N6/c42-41(43,44)28-11-14-29(26(17-28)22-47)34-19-37(49-35-7-3-1-5-30(35)32-12-9-24(20-45)15-38(32)49)27(23-48)18-40(34)50-36-8-4-2-6-31(36)33-13-10-25(21-46)16-39(33)50/h1-19H. The second-order valence-electron chi connectivity index (χ2n) is 11.8. The lowest BCUT2D eigenvalue weighted by molar-refractivity contribution is -0.137. The van der Waals surface area contributed by atoms with Gasteiger partial charge in [-0.1, -0.05) is 54.6 Å². The Balaban J connectivity index is 1.56. The van der Waals surface area contributed by atoms with Crippen molar-refractivity contribution in [3.63, 3.8) is 0 Å². The lowest BCUT2D eigenvalue weighted by Gasteiger charge is -2.20. The Bertz CT molecular complexity index is 2920. The summed E-state index contributed by atoms with van der Waals surface area (Å²) in [5.74, 6) is 0. The molecule has 6 nitrogen and oxygen atoms in total. The van der Waals surface area contributed by atoms with Gasteiger partial charge in [0, 0.05) is 32.7 Å². The van der Waals surface area contributed by atoms with Crippen LogP contribution in [0.5, 0.6) is 0 Å². The van der Waals surface area contributed by atoms with Crippen LogP contribution in [0.3, 0.4) is 0 Å². The van der Waals surface area contributed by atoms with Gasteiger partial charge >= 0.3 is 6.18 Å². The van der Waals surface area contributed by atoms with Gasteiger partial charge in [0.05, 0.1) is 79.5 Å². The Morgan fingerprint density at radius 1 is 0.440 bits per heavy atom. The lowest BCUT2D eigenvalue weighted by atomic mass is 9.94. The largest absolute Gasteiger partial charge is 0.416 e. The van der Waals surface area contributed by atoms with Crippen LogP contribution in [-0.2, 0) is 6.18 Å². The number of alkyl halides is 3. The van der Waals surface area contributed by atoms with E-state index in [-0.39, 0.29) is 16.7 Å². The van der Waals surface area contributed by atoms with Crippen LogP contribution in [0.2, 0.25) is 0 Å². The fourth-order valence-corrected chi connectivity index (χ4v) is 6.90. The molecule has 0 spiro atoms. The molecule has 0 aliphatic rings. The van der Waals surface area contributed by atoms with Crippen molar-refractivity contribution in [2.45, 2.75) is 6.18 Å². The summed E-state index contributed by atoms with van der Waals surface area (Å²) in [7, 11) is 0. The van der Waals surface area contributed by atoms with Crippen molar-refractivity contribution in [3.05, 3.63) is 143 Å². The maximum atomic E-state index is 13.9. The van der Waals surface area contributed by atoms with Gasteiger partial charge in [0.1, 0.15) is 6.07 Å². The van der Waals surface area contributed by atoms with E-state index in [0.29, 0.717) is 39.1 Å². The fraction of sp³-hybridized carbons (Fsp3) is 0.0244. The molecular weight excluding hydrogens is 633 g/mol. The van der Waals surface area contributed by atoms with Gasteiger partial charge in [0.2, 0.25) is 0 Å². The van der Waals surface area contributed by atoms with Crippen molar-refractivity contribution < 1.29 is 13.2 Å². The van der Waals surface area contributed by atoms with Crippen LogP contribution in [-0.4, -0.2) is 9.13 Å². The van der Waals surface area contributed by atoms with Gasteiger partial charge in [0.25, 0.3) is 0 Å². The van der Waals surface area contributed by atoms with E-state index in [0.717, 1.165) is 44.7 Å². The molecule has 0 amide bonds. The molecule has 50 heavy (non-hydrogen) atoms. The van der Waals surface area contributed by atoms with Gasteiger partial charge in [-0.3, -0.25) is 0 Å². The molecular formula is C41H19F3N6.